The van der Waals surface area contributed by atoms with Gasteiger partial charge in [0.15, 0.2) is 5.75 Å². The second kappa shape index (κ2) is 9.14. The van der Waals surface area contributed by atoms with Gasteiger partial charge >= 0.3 is 0 Å². The molecular formula is C18H17BrO. The van der Waals surface area contributed by atoms with Gasteiger partial charge < -0.3 is 4.74 Å². The van der Waals surface area contributed by atoms with Crippen LogP contribution in [-0.2, 0) is 0 Å². The van der Waals surface area contributed by atoms with Gasteiger partial charge in [0.2, 0.25) is 0 Å². The Morgan fingerprint density at radius 3 is 2.00 bits per heavy atom. The van der Waals surface area contributed by atoms with E-state index in [9.17, 15) is 0 Å². The molecule has 0 amide bonds. The average Bonchev–Trinajstić information content (AvgIpc) is 2.50. The van der Waals surface area contributed by atoms with Crippen LogP contribution in [0.15, 0.2) is 12.1 Å². The van der Waals surface area contributed by atoms with E-state index in [1.54, 1.807) is 12.1 Å². The van der Waals surface area contributed by atoms with Crippen molar-refractivity contribution < 1.29 is 4.74 Å². The molecule has 20 heavy (non-hydrogen) atoms. The van der Waals surface area contributed by atoms with Gasteiger partial charge in [0, 0.05) is 10.9 Å². The second-order valence-corrected chi connectivity index (χ2v) is 5.08. The number of rotatable bonds is 7. The van der Waals surface area contributed by atoms with Crippen LogP contribution in [0.4, 0.5) is 0 Å². The first kappa shape index (κ1) is 16.2. The maximum Gasteiger partial charge on any atom is 0.150 e. The summed E-state index contributed by atoms with van der Waals surface area (Å²) in [7, 11) is 0. The number of unbranched alkanes of at least 4 members (excludes halogenated alkanes) is 3. The van der Waals surface area contributed by atoms with Crippen LogP contribution in [0.1, 0.15) is 42.4 Å². The van der Waals surface area contributed by atoms with E-state index in [0.29, 0.717) is 29.0 Å². The summed E-state index contributed by atoms with van der Waals surface area (Å²) in [6, 6.07) is 3.50. The van der Waals surface area contributed by atoms with Gasteiger partial charge in [0.25, 0.3) is 0 Å². The fourth-order valence-electron chi connectivity index (χ4n) is 1.81. The van der Waals surface area contributed by atoms with Crippen molar-refractivity contribution in [2.75, 3.05) is 11.9 Å². The van der Waals surface area contributed by atoms with E-state index in [2.05, 4.69) is 33.7 Å². The largest absolute Gasteiger partial charge is 0.491 e. The third-order valence-electron chi connectivity index (χ3n) is 2.84. The molecule has 0 aromatic heterocycles. The van der Waals surface area contributed by atoms with E-state index in [4.69, 9.17) is 24.0 Å². The number of halogens is 1. The minimum Gasteiger partial charge on any atom is -0.491 e. The van der Waals surface area contributed by atoms with Crippen molar-refractivity contribution in [1.82, 2.24) is 0 Å². The Bertz CT molecular complexity index is 532. The highest BCUT2D eigenvalue weighted by Gasteiger charge is 2.09. The summed E-state index contributed by atoms with van der Waals surface area (Å²) < 4.78 is 5.76. The Balaban J connectivity index is 2.72. The summed E-state index contributed by atoms with van der Waals surface area (Å²) in [4.78, 5) is 0. The lowest BCUT2D eigenvalue weighted by Gasteiger charge is -2.11. The number of benzene rings is 1. The number of alkyl halides is 1. The Kier molecular flexibility index (Phi) is 7.42. The molecule has 0 fully saturated rings. The Hall–Kier alpha value is -1.82. The van der Waals surface area contributed by atoms with Crippen molar-refractivity contribution in [2.24, 2.45) is 0 Å². The molecule has 0 saturated carbocycles. The summed E-state index contributed by atoms with van der Waals surface area (Å²) in [5.41, 5.74) is 1.92. The summed E-state index contributed by atoms with van der Waals surface area (Å²) in [5.74, 6) is 8.30. The summed E-state index contributed by atoms with van der Waals surface area (Å²) in [5, 5.41) is 1.05. The highest BCUT2D eigenvalue weighted by atomic mass is 79.9. The minimum atomic E-state index is 0.592. The van der Waals surface area contributed by atoms with Gasteiger partial charge in [-0.05, 0) is 25.0 Å². The first-order chi connectivity index (χ1) is 9.76. The Morgan fingerprint density at radius 2 is 1.50 bits per heavy atom. The van der Waals surface area contributed by atoms with Crippen LogP contribution >= 0.6 is 15.9 Å². The van der Waals surface area contributed by atoms with Crippen LogP contribution in [0.25, 0.3) is 0 Å². The molecule has 0 bridgehead atoms. The van der Waals surface area contributed by atoms with Crippen molar-refractivity contribution in [3.63, 3.8) is 0 Å². The molecule has 1 nitrogen and oxygen atoms in total. The molecular weight excluding hydrogens is 312 g/mol. The van der Waals surface area contributed by atoms with Crippen LogP contribution in [0, 0.1) is 37.0 Å². The predicted octanol–water partition coefficient (Wildman–Crippen LogP) is 3.96. The fraction of sp³-hybridized carbons (Fsp3) is 0.333. The van der Waals surface area contributed by atoms with Gasteiger partial charge in [-0.3, -0.25) is 0 Å². The maximum absolute atomic E-state index is 5.76. The van der Waals surface area contributed by atoms with Gasteiger partial charge in [0.1, 0.15) is 0 Å². The molecule has 0 heterocycles. The third kappa shape index (κ3) is 4.70. The van der Waals surface area contributed by atoms with Gasteiger partial charge in [-0.15, -0.1) is 19.3 Å². The van der Waals surface area contributed by atoms with E-state index in [1.807, 2.05) is 0 Å². The SMILES string of the molecule is C#Cc1cc(C#C)c(OCCCCCCBr)c(C#C)c1. The first-order valence-corrected chi connectivity index (χ1v) is 7.65. The first-order valence-electron chi connectivity index (χ1n) is 6.53. The summed E-state index contributed by atoms with van der Waals surface area (Å²) in [6.07, 6.45) is 20.9. The molecule has 102 valence electrons. The predicted molar refractivity (Wildman–Crippen MR) is 88.0 cm³/mol. The van der Waals surface area contributed by atoms with Crippen molar-refractivity contribution in [2.45, 2.75) is 25.7 Å². The van der Waals surface area contributed by atoms with E-state index >= 15 is 0 Å². The summed E-state index contributed by atoms with van der Waals surface area (Å²) >= 11 is 3.41. The zero-order valence-electron chi connectivity index (χ0n) is 11.4. The standard InChI is InChI=1S/C18H17BrO/c1-4-15-13-16(5-2)18(17(6-3)14-15)20-12-10-8-7-9-11-19/h1-3,13-14H,7-12H2. The highest BCUT2D eigenvalue weighted by Crippen LogP contribution is 2.25. The topological polar surface area (TPSA) is 9.23 Å². The lowest BCUT2D eigenvalue weighted by Crippen LogP contribution is -2.02. The van der Waals surface area contributed by atoms with E-state index in [-0.39, 0.29) is 0 Å². The molecule has 0 aliphatic carbocycles. The number of hydrogen-bond donors (Lipinski definition) is 0. The minimum absolute atomic E-state index is 0.592. The molecule has 1 aromatic carbocycles. The molecule has 0 N–H and O–H groups in total. The Morgan fingerprint density at radius 1 is 0.900 bits per heavy atom. The van der Waals surface area contributed by atoms with Crippen LogP contribution < -0.4 is 4.74 Å². The number of terminal acetylenes is 3. The molecule has 1 aromatic rings. The van der Waals surface area contributed by atoms with Crippen molar-refractivity contribution in [3.8, 4) is 42.8 Å². The molecule has 0 radical (unpaired) electrons. The third-order valence-corrected chi connectivity index (χ3v) is 3.40. The molecule has 1 rings (SSSR count). The van der Waals surface area contributed by atoms with Crippen molar-refractivity contribution in [3.05, 3.63) is 28.8 Å². The zero-order valence-corrected chi connectivity index (χ0v) is 13.0. The number of ether oxygens (including phenoxy) is 1. The van der Waals surface area contributed by atoms with Crippen molar-refractivity contribution >= 4 is 15.9 Å². The van der Waals surface area contributed by atoms with E-state index in [0.717, 1.165) is 18.2 Å². The second-order valence-electron chi connectivity index (χ2n) is 4.29. The van der Waals surface area contributed by atoms with Crippen LogP contribution in [0.3, 0.4) is 0 Å². The fourth-order valence-corrected chi connectivity index (χ4v) is 2.20. The van der Waals surface area contributed by atoms with Gasteiger partial charge in [-0.25, -0.2) is 0 Å². The van der Waals surface area contributed by atoms with Crippen LogP contribution in [-0.4, -0.2) is 11.9 Å². The van der Waals surface area contributed by atoms with Crippen molar-refractivity contribution in [1.29, 1.82) is 0 Å². The molecule has 2 heteroatoms. The smallest absolute Gasteiger partial charge is 0.150 e. The zero-order chi connectivity index (χ0) is 14.8. The lowest BCUT2D eigenvalue weighted by molar-refractivity contribution is 0.303. The normalized spacial score (nSPS) is 9.30. The quantitative estimate of drug-likeness (QED) is 0.418. The monoisotopic (exact) mass is 328 g/mol. The molecule has 0 spiro atoms. The molecule has 0 saturated heterocycles. The average molecular weight is 329 g/mol. The van der Waals surface area contributed by atoms with E-state index < -0.39 is 0 Å². The number of hydrogen-bond acceptors (Lipinski definition) is 1. The van der Waals surface area contributed by atoms with Crippen LogP contribution in [0.2, 0.25) is 0 Å². The van der Waals surface area contributed by atoms with Crippen LogP contribution in [0.5, 0.6) is 5.75 Å². The maximum atomic E-state index is 5.76. The molecule has 0 aliphatic rings. The summed E-state index contributed by atoms with van der Waals surface area (Å²) in [6.45, 7) is 0.612. The van der Waals surface area contributed by atoms with Gasteiger partial charge in [-0.2, -0.15) is 0 Å². The lowest BCUT2D eigenvalue weighted by atomic mass is 10.0. The highest BCUT2D eigenvalue weighted by molar-refractivity contribution is 9.09. The van der Waals surface area contributed by atoms with Gasteiger partial charge in [-0.1, -0.05) is 46.5 Å². The van der Waals surface area contributed by atoms with Gasteiger partial charge in [0.05, 0.1) is 17.7 Å². The van der Waals surface area contributed by atoms with E-state index in [1.165, 1.54) is 12.8 Å². The molecule has 0 atom stereocenters. The Labute approximate surface area is 130 Å². The molecule has 0 unspecified atom stereocenters. The molecule has 0 aliphatic heterocycles.